The van der Waals surface area contributed by atoms with Gasteiger partial charge in [0.15, 0.2) is 5.96 Å². The minimum atomic E-state index is -0.148. The number of aliphatic hydroxyl groups excluding tert-OH is 1. The van der Waals surface area contributed by atoms with Crippen molar-refractivity contribution in [1.82, 2.24) is 15.5 Å². The third kappa shape index (κ3) is 8.34. The lowest BCUT2D eigenvalue weighted by Gasteiger charge is -2.20. The van der Waals surface area contributed by atoms with E-state index in [0.717, 1.165) is 51.3 Å². The molecule has 1 saturated heterocycles. The number of aliphatic hydroxyl groups is 1. The Kier molecular flexibility index (Phi) is 12.0. The summed E-state index contributed by atoms with van der Waals surface area (Å²) >= 11 is 0. The molecule has 2 rings (SSSR count). The Morgan fingerprint density at radius 3 is 2.46 bits per heavy atom. The van der Waals surface area contributed by atoms with Gasteiger partial charge in [-0.25, -0.2) is 0 Å². The van der Waals surface area contributed by atoms with Crippen LogP contribution in [-0.4, -0.2) is 61.3 Å². The number of likely N-dealkylation sites (tertiary alicyclic amines) is 1. The normalized spacial score (nSPS) is 25.8. The van der Waals surface area contributed by atoms with Crippen LogP contribution in [0.4, 0.5) is 0 Å². The lowest BCUT2D eigenvalue weighted by molar-refractivity contribution is 0.136. The molecule has 0 bridgehead atoms. The Balaban J connectivity index is 0.00000288. The molecule has 2 fully saturated rings. The molecule has 1 heterocycles. The van der Waals surface area contributed by atoms with E-state index in [2.05, 4.69) is 27.4 Å². The van der Waals surface area contributed by atoms with Gasteiger partial charge in [0.2, 0.25) is 0 Å². The summed E-state index contributed by atoms with van der Waals surface area (Å²) in [6.07, 6.45) is 9.74. The first-order valence-electron chi connectivity index (χ1n) is 9.72. The molecule has 1 aliphatic heterocycles. The van der Waals surface area contributed by atoms with Crippen LogP contribution in [0.15, 0.2) is 4.99 Å². The minimum Gasteiger partial charge on any atom is -0.393 e. The molecular formula is C18H37IN4O. The lowest BCUT2D eigenvalue weighted by Crippen LogP contribution is -2.39. The molecule has 6 heteroatoms. The van der Waals surface area contributed by atoms with Crippen LogP contribution in [0.3, 0.4) is 0 Å². The molecule has 0 amide bonds. The van der Waals surface area contributed by atoms with Crippen molar-refractivity contribution < 1.29 is 5.11 Å². The van der Waals surface area contributed by atoms with Crippen LogP contribution in [0, 0.1) is 5.92 Å². The highest BCUT2D eigenvalue weighted by atomic mass is 127. The molecule has 142 valence electrons. The average Bonchev–Trinajstić information content (AvgIpc) is 2.80. The number of aliphatic imine (C=N–C) groups is 1. The molecule has 1 saturated carbocycles. The van der Waals surface area contributed by atoms with E-state index in [4.69, 9.17) is 0 Å². The van der Waals surface area contributed by atoms with E-state index < -0.39 is 0 Å². The van der Waals surface area contributed by atoms with E-state index in [1.165, 1.54) is 45.3 Å². The molecule has 0 aromatic heterocycles. The third-order valence-electron chi connectivity index (χ3n) is 5.09. The number of halogens is 1. The van der Waals surface area contributed by atoms with E-state index in [1.54, 1.807) is 0 Å². The second-order valence-corrected chi connectivity index (χ2v) is 7.01. The van der Waals surface area contributed by atoms with Gasteiger partial charge < -0.3 is 20.6 Å². The Morgan fingerprint density at radius 1 is 1.08 bits per heavy atom. The molecule has 2 atom stereocenters. The first-order chi connectivity index (χ1) is 11.3. The maximum Gasteiger partial charge on any atom is 0.191 e. The van der Waals surface area contributed by atoms with Crippen molar-refractivity contribution in [3.63, 3.8) is 0 Å². The highest BCUT2D eigenvalue weighted by Gasteiger charge is 2.24. The van der Waals surface area contributed by atoms with Crippen molar-refractivity contribution in [3.05, 3.63) is 0 Å². The van der Waals surface area contributed by atoms with Gasteiger partial charge in [-0.2, -0.15) is 0 Å². The van der Waals surface area contributed by atoms with Crippen LogP contribution in [0.2, 0.25) is 0 Å². The van der Waals surface area contributed by atoms with Gasteiger partial charge in [-0.05, 0) is 58.7 Å². The van der Waals surface area contributed by atoms with E-state index in [-0.39, 0.29) is 30.1 Å². The quantitative estimate of drug-likeness (QED) is 0.241. The monoisotopic (exact) mass is 452 g/mol. The Labute approximate surface area is 165 Å². The Hall–Kier alpha value is -0.0800. The van der Waals surface area contributed by atoms with Crippen LogP contribution >= 0.6 is 24.0 Å². The molecule has 0 aromatic carbocycles. The van der Waals surface area contributed by atoms with Crippen molar-refractivity contribution in [2.45, 2.75) is 64.4 Å². The summed E-state index contributed by atoms with van der Waals surface area (Å²) in [5.41, 5.74) is 0. The maximum atomic E-state index is 9.90. The van der Waals surface area contributed by atoms with E-state index >= 15 is 0 Å². The van der Waals surface area contributed by atoms with Crippen molar-refractivity contribution in [3.8, 4) is 0 Å². The van der Waals surface area contributed by atoms with Gasteiger partial charge in [0.25, 0.3) is 0 Å². The maximum absolute atomic E-state index is 9.90. The molecule has 2 aliphatic rings. The highest BCUT2D eigenvalue weighted by molar-refractivity contribution is 14.0. The van der Waals surface area contributed by atoms with Crippen molar-refractivity contribution in [2.24, 2.45) is 10.9 Å². The lowest BCUT2D eigenvalue weighted by atomic mass is 10.1. The van der Waals surface area contributed by atoms with Gasteiger partial charge in [-0.15, -0.1) is 24.0 Å². The second-order valence-electron chi connectivity index (χ2n) is 7.01. The first-order valence-corrected chi connectivity index (χ1v) is 9.72. The zero-order chi connectivity index (χ0) is 16.3. The standard InChI is InChI=1S/C18H36N4O.HI/c1-2-19-18(21-15-16-9-7-10-17(16)23)20-11-8-14-22-12-5-3-4-6-13-22;/h16-17,23H,2-15H2,1H3,(H2,19,20,21);1H. The van der Waals surface area contributed by atoms with Gasteiger partial charge in [-0.1, -0.05) is 19.3 Å². The number of hydrogen-bond acceptors (Lipinski definition) is 3. The number of rotatable bonds is 7. The van der Waals surface area contributed by atoms with Gasteiger partial charge in [0.1, 0.15) is 0 Å². The van der Waals surface area contributed by atoms with Crippen LogP contribution in [-0.2, 0) is 0 Å². The fraction of sp³-hybridized carbons (Fsp3) is 0.944. The van der Waals surface area contributed by atoms with Gasteiger partial charge in [0.05, 0.1) is 6.10 Å². The predicted octanol–water partition coefficient (Wildman–Crippen LogP) is 2.59. The molecule has 0 spiro atoms. The van der Waals surface area contributed by atoms with E-state index in [0.29, 0.717) is 5.92 Å². The molecular weight excluding hydrogens is 415 g/mol. The smallest absolute Gasteiger partial charge is 0.191 e. The number of hydrogen-bond donors (Lipinski definition) is 3. The molecule has 0 aromatic rings. The van der Waals surface area contributed by atoms with E-state index in [1.807, 2.05) is 0 Å². The summed E-state index contributed by atoms with van der Waals surface area (Å²) < 4.78 is 0. The summed E-state index contributed by atoms with van der Waals surface area (Å²) in [6, 6.07) is 0. The van der Waals surface area contributed by atoms with Crippen LogP contribution in [0.1, 0.15) is 58.3 Å². The van der Waals surface area contributed by atoms with Gasteiger partial charge >= 0.3 is 0 Å². The highest BCUT2D eigenvalue weighted by Crippen LogP contribution is 2.25. The zero-order valence-corrected chi connectivity index (χ0v) is 17.6. The average molecular weight is 452 g/mol. The third-order valence-corrected chi connectivity index (χ3v) is 5.09. The first kappa shape index (κ1) is 22.0. The fourth-order valence-corrected chi connectivity index (χ4v) is 3.65. The van der Waals surface area contributed by atoms with Gasteiger partial charge in [0, 0.05) is 25.6 Å². The van der Waals surface area contributed by atoms with Crippen LogP contribution in [0.25, 0.3) is 0 Å². The van der Waals surface area contributed by atoms with Crippen molar-refractivity contribution in [2.75, 3.05) is 39.3 Å². The number of nitrogens with one attached hydrogen (secondary N) is 2. The SMILES string of the molecule is CCNC(=NCC1CCCC1O)NCCCN1CCCCCC1.I. The summed E-state index contributed by atoms with van der Waals surface area (Å²) in [4.78, 5) is 7.27. The zero-order valence-electron chi connectivity index (χ0n) is 15.3. The van der Waals surface area contributed by atoms with Crippen LogP contribution in [0.5, 0.6) is 0 Å². The second kappa shape index (κ2) is 13.2. The predicted molar refractivity (Wildman–Crippen MR) is 112 cm³/mol. The molecule has 3 N–H and O–H groups in total. The van der Waals surface area contributed by atoms with Gasteiger partial charge in [-0.3, -0.25) is 4.99 Å². The fourth-order valence-electron chi connectivity index (χ4n) is 3.65. The molecule has 0 radical (unpaired) electrons. The van der Waals surface area contributed by atoms with E-state index in [9.17, 15) is 5.11 Å². The molecule has 2 unspecified atom stereocenters. The topological polar surface area (TPSA) is 59.9 Å². The molecule has 1 aliphatic carbocycles. The molecule has 5 nitrogen and oxygen atoms in total. The van der Waals surface area contributed by atoms with Crippen molar-refractivity contribution in [1.29, 1.82) is 0 Å². The Bertz CT molecular complexity index is 346. The summed E-state index contributed by atoms with van der Waals surface area (Å²) in [5.74, 6) is 1.25. The summed E-state index contributed by atoms with van der Waals surface area (Å²) in [6.45, 7) is 8.41. The molecule has 24 heavy (non-hydrogen) atoms. The summed E-state index contributed by atoms with van der Waals surface area (Å²) in [7, 11) is 0. The van der Waals surface area contributed by atoms with Crippen molar-refractivity contribution >= 4 is 29.9 Å². The largest absolute Gasteiger partial charge is 0.393 e. The van der Waals surface area contributed by atoms with Crippen LogP contribution < -0.4 is 10.6 Å². The Morgan fingerprint density at radius 2 is 1.83 bits per heavy atom. The minimum absolute atomic E-state index is 0. The number of nitrogens with zero attached hydrogens (tertiary/aromatic N) is 2. The summed E-state index contributed by atoms with van der Waals surface area (Å²) in [5, 5.41) is 16.7. The number of guanidine groups is 1.